The van der Waals surface area contributed by atoms with E-state index in [0.717, 1.165) is 35.4 Å². The highest BCUT2D eigenvalue weighted by atomic mass is 127. The number of aromatic nitrogens is 5. The van der Waals surface area contributed by atoms with Crippen molar-refractivity contribution < 1.29 is 23.0 Å². The van der Waals surface area contributed by atoms with Gasteiger partial charge in [-0.15, -0.1) is 5.10 Å². The first-order valence-corrected chi connectivity index (χ1v) is 11.6. The van der Waals surface area contributed by atoms with Crippen LogP contribution in [-0.2, 0) is 22.5 Å². The van der Waals surface area contributed by atoms with E-state index in [1.807, 2.05) is 28.7 Å². The summed E-state index contributed by atoms with van der Waals surface area (Å²) in [5.74, 6) is -4.53. The number of nitriles is 1. The van der Waals surface area contributed by atoms with Crippen LogP contribution in [0.5, 0.6) is 11.5 Å². The molecule has 0 aliphatic carbocycles. The number of benzene rings is 2. The molecule has 35 heavy (non-hydrogen) atoms. The average molecular weight is 592 g/mol. The highest BCUT2D eigenvalue weighted by Crippen LogP contribution is 2.47. The first kappa shape index (κ1) is 24.6. The van der Waals surface area contributed by atoms with Gasteiger partial charge in [0.1, 0.15) is 29.3 Å². The van der Waals surface area contributed by atoms with E-state index in [9.17, 15) is 9.50 Å². The summed E-state index contributed by atoms with van der Waals surface area (Å²) in [6.45, 7) is -0.835. The molecule has 0 radical (unpaired) electrons. The Balaban J connectivity index is 1.69. The van der Waals surface area contributed by atoms with Gasteiger partial charge in [-0.05, 0) is 58.5 Å². The summed E-state index contributed by atoms with van der Waals surface area (Å²) in [7, 11) is 0. The molecule has 4 rings (SSSR count). The minimum absolute atomic E-state index is 0.149. The van der Waals surface area contributed by atoms with Gasteiger partial charge in [0, 0.05) is 9.99 Å². The molecule has 178 valence electrons. The lowest BCUT2D eigenvalue weighted by atomic mass is 9.84. The molecule has 2 aromatic heterocycles. The minimum Gasteiger partial charge on any atom is -0.456 e. The molecule has 0 saturated heterocycles. The summed E-state index contributed by atoms with van der Waals surface area (Å²) in [5, 5.41) is 30.5. The maximum absolute atomic E-state index is 15.9. The van der Waals surface area contributed by atoms with Crippen LogP contribution >= 0.6 is 22.6 Å². The maximum atomic E-state index is 15.9. The summed E-state index contributed by atoms with van der Waals surface area (Å²) in [4.78, 5) is 3.79. The molecule has 4 aromatic rings. The fraction of sp³-hybridized carbons (Fsp3) is 0.174. The van der Waals surface area contributed by atoms with E-state index < -0.39 is 35.1 Å². The number of hydrogen-bond donors (Lipinski definition) is 1. The van der Waals surface area contributed by atoms with E-state index >= 15 is 8.78 Å². The molecule has 1 N–H and O–H groups in total. The van der Waals surface area contributed by atoms with Crippen LogP contribution in [-0.4, -0.2) is 30.3 Å². The monoisotopic (exact) mass is 592 g/mol. The van der Waals surface area contributed by atoms with Gasteiger partial charge in [0.2, 0.25) is 0 Å². The van der Waals surface area contributed by atoms with Crippen LogP contribution in [0.15, 0.2) is 67.1 Å². The number of pyridine rings is 1. The van der Waals surface area contributed by atoms with Gasteiger partial charge in [-0.2, -0.15) is 14.0 Å². The number of nitrogens with zero attached hydrogens (tertiary/aromatic N) is 6. The zero-order chi connectivity index (χ0) is 25.1. The normalized spacial score (nSPS) is 13.1. The summed E-state index contributed by atoms with van der Waals surface area (Å²) < 4.78 is 53.6. The van der Waals surface area contributed by atoms with Crippen LogP contribution in [0.25, 0.3) is 0 Å². The highest BCUT2D eigenvalue weighted by molar-refractivity contribution is 14.1. The van der Waals surface area contributed by atoms with Crippen molar-refractivity contribution in [3.05, 3.63) is 95.3 Å². The van der Waals surface area contributed by atoms with Gasteiger partial charge < -0.3 is 9.84 Å². The molecule has 1 unspecified atom stereocenters. The zero-order valence-electron chi connectivity index (χ0n) is 17.8. The topological polar surface area (TPSA) is 110 Å². The molecule has 0 aliphatic heterocycles. The summed E-state index contributed by atoms with van der Waals surface area (Å²) in [6, 6.07) is 14.1. The van der Waals surface area contributed by atoms with Crippen molar-refractivity contribution in [1.82, 2.24) is 25.2 Å². The third-order valence-electron chi connectivity index (χ3n) is 5.21. The zero-order valence-corrected chi connectivity index (χ0v) is 20.0. The second kappa shape index (κ2) is 9.96. The number of ether oxygens (including phenoxy) is 1. The van der Waals surface area contributed by atoms with E-state index in [-0.39, 0.29) is 5.75 Å². The Kier molecular flexibility index (Phi) is 6.99. The third kappa shape index (κ3) is 4.96. The largest absolute Gasteiger partial charge is 0.456 e. The molecular formula is C23H16F3IN6O2. The quantitative estimate of drug-likeness (QED) is 0.237. The van der Waals surface area contributed by atoms with Gasteiger partial charge in [0.05, 0.1) is 24.4 Å². The number of halogens is 4. The Labute approximate surface area is 211 Å². The SMILES string of the molecule is N#Cc1ccc(Oc2ccc(C(F)(F)C(O)(Cn3cnnn3)c3ccc(CI)cc3F)nc2)cc1. The van der Waals surface area contributed by atoms with Gasteiger partial charge in [-0.3, -0.25) is 4.98 Å². The molecule has 0 spiro atoms. The molecule has 2 heterocycles. The highest BCUT2D eigenvalue weighted by Gasteiger charge is 2.57. The first-order valence-electron chi connectivity index (χ1n) is 10.1. The van der Waals surface area contributed by atoms with Gasteiger partial charge in [0.15, 0.2) is 5.60 Å². The number of hydrogen-bond acceptors (Lipinski definition) is 7. The predicted molar refractivity (Wildman–Crippen MR) is 125 cm³/mol. The smallest absolute Gasteiger partial charge is 0.323 e. The molecule has 2 aromatic carbocycles. The van der Waals surface area contributed by atoms with Crippen molar-refractivity contribution in [3.8, 4) is 17.6 Å². The molecule has 0 saturated carbocycles. The number of rotatable bonds is 8. The first-order chi connectivity index (χ1) is 16.8. The standard InChI is InChI=1S/C23H16F3IN6O2/c24-20-9-16(10-27)3-7-19(20)22(34,13-33-14-30-31-32-33)23(25,26)21-8-6-18(12-29-21)35-17-4-1-15(11-28)2-5-17/h1-9,12,14,34H,10,13H2. The summed E-state index contributed by atoms with van der Waals surface area (Å²) in [5.41, 5.74) is -3.49. The van der Waals surface area contributed by atoms with Crippen molar-refractivity contribution in [2.75, 3.05) is 0 Å². The van der Waals surface area contributed by atoms with E-state index in [1.165, 1.54) is 12.1 Å². The molecular weight excluding hydrogens is 576 g/mol. The molecule has 0 aliphatic rings. The molecule has 0 fully saturated rings. The van der Waals surface area contributed by atoms with Gasteiger partial charge in [0.25, 0.3) is 0 Å². The Morgan fingerprint density at radius 3 is 2.40 bits per heavy atom. The van der Waals surface area contributed by atoms with Crippen molar-refractivity contribution in [3.63, 3.8) is 0 Å². The molecule has 12 heteroatoms. The fourth-order valence-corrected chi connectivity index (χ4v) is 3.86. The van der Waals surface area contributed by atoms with Crippen LogP contribution < -0.4 is 4.74 Å². The Hall–Kier alpha value is -3.57. The van der Waals surface area contributed by atoms with E-state index in [0.29, 0.717) is 21.3 Å². The summed E-state index contributed by atoms with van der Waals surface area (Å²) >= 11 is 2.02. The lowest BCUT2D eigenvalue weighted by Crippen LogP contribution is -2.48. The van der Waals surface area contributed by atoms with E-state index in [2.05, 4.69) is 20.5 Å². The molecule has 0 amide bonds. The Morgan fingerprint density at radius 1 is 1.09 bits per heavy atom. The minimum atomic E-state index is -4.06. The van der Waals surface area contributed by atoms with Crippen molar-refractivity contribution in [2.45, 2.75) is 22.5 Å². The van der Waals surface area contributed by atoms with Crippen LogP contribution in [0.2, 0.25) is 0 Å². The van der Waals surface area contributed by atoms with Crippen molar-refractivity contribution in [2.24, 2.45) is 0 Å². The Bertz CT molecular complexity index is 1350. The summed E-state index contributed by atoms with van der Waals surface area (Å²) in [6.07, 6.45) is 2.11. The van der Waals surface area contributed by atoms with Crippen LogP contribution in [0.4, 0.5) is 13.2 Å². The lowest BCUT2D eigenvalue weighted by molar-refractivity contribution is -0.207. The van der Waals surface area contributed by atoms with Crippen LogP contribution in [0.3, 0.4) is 0 Å². The van der Waals surface area contributed by atoms with Gasteiger partial charge in [-0.25, -0.2) is 9.07 Å². The predicted octanol–water partition coefficient (Wildman–Crippen LogP) is 4.49. The van der Waals surface area contributed by atoms with Crippen molar-refractivity contribution >= 4 is 22.6 Å². The number of alkyl halides is 3. The van der Waals surface area contributed by atoms with Gasteiger partial charge >= 0.3 is 5.92 Å². The third-order valence-corrected chi connectivity index (χ3v) is 6.09. The van der Waals surface area contributed by atoms with Gasteiger partial charge in [-0.1, -0.05) is 34.7 Å². The van der Waals surface area contributed by atoms with E-state index in [1.54, 1.807) is 24.3 Å². The van der Waals surface area contributed by atoms with Crippen molar-refractivity contribution in [1.29, 1.82) is 5.26 Å². The number of aliphatic hydroxyl groups is 1. The second-order valence-corrected chi connectivity index (χ2v) is 8.27. The maximum Gasteiger partial charge on any atom is 0.323 e. The molecule has 1 atom stereocenters. The second-order valence-electron chi connectivity index (χ2n) is 7.51. The molecule has 8 nitrogen and oxygen atoms in total. The van der Waals surface area contributed by atoms with Crippen LogP contribution in [0, 0.1) is 17.1 Å². The number of tetrazole rings is 1. The molecule has 0 bridgehead atoms. The van der Waals surface area contributed by atoms with Crippen LogP contribution in [0.1, 0.15) is 22.4 Å². The average Bonchev–Trinajstić information content (AvgIpc) is 3.37. The lowest BCUT2D eigenvalue weighted by Gasteiger charge is -2.35. The fourth-order valence-electron chi connectivity index (χ4n) is 3.39. The Morgan fingerprint density at radius 2 is 1.83 bits per heavy atom. The van der Waals surface area contributed by atoms with E-state index in [4.69, 9.17) is 10.00 Å².